The molecule has 0 unspecified atom stereocenters. The summed E-state index contributed by atoms with van der Waals surface area (Å²) in [6.45, 7) is 0. The fraction of sp³-hybridized carbons (Fsp3) is 0.0500. The van der Waals surface area contributed by atoms with Crippen molar-refractivity contribution in [1.82, 2.24) is 5.43 Å². The molecular formula is C20H14BrClN2O4. The lowest BCUT2D eigenvalue weighted by Gasteiger charge is -2.02. The van der Waals surface area contributed by atoms with Crippen LogP contribution < -0.4 is 5.43 Å². The summed E-state index contributed by atoms with van der Waals surface area (Å²) in [5.41, 5.74) is 3.87. The van der Waals surface area contributed by atoms with Gasteiger partial charge >= 0.3 is 5.97 Å². The monoisotopic (exact) mass is 460 g/mol. The summed E-state index contributed by atoms with van der Waals surface area (Å²) in [5, 5.41) is 13.2. The van der Waals surface area contributed by atoms with Crippen molar-refractivity contribution in [3.8, 4) is 11.3 Å². The van der Waals surface area contributed by atoms with Crippen LogP contribution in [0, 0.1) is 0 Å². The number of carbonyl (C=O) groups is 2. The normalized spacial score (nSPS) is 10.9. The van der Waals surface area contributed by atoms with Gasteiger partial charge in [0.25, 0.3) is 0 Å². The standard InChI is InChI=1S/C20H14BrClN2O4/c21-14-4-1-12(2-5-14)9-19(25)24-23-11-15-6-8-18(28-15)13-3-7-17(22)16(10-13)20(26)27/h1-8,10-11H,9H2,(H,24,25)(H,26,27)/b23-11-. The molecule has 0 saturated heterocycles. The molecule has 0 aliphatic heterocycles. The molecule has 8 heteroatoms. The maximum atomic E-state index is 11.9. The summed E-state index contributed by atoms with van der Waals surface area (Å²) < 4.78 is 6.56. The molecule has 0 radical (unpaired) electrons. The largest absolute Gasteiger partial charge is 0.478 e. The molecule has 0 spiro atoms. The zero-order chi connectivity index (χ0) is 20.1. The number of hydrogen-bond donors (Lipinski definition) is 2. The predicted octanol–water partition coefficient (Wildman–Crippen LogP) is 4.75. The van der Waals surface area contributed by atoms with E-state index >= 15 is 0 Å². The highest BCUT2D eigenvalue weighted by molar-refractivity contribution is 9.10. The molecule has 0 atom stereocenters. The number of rotatable bonds is 6. The molecule has 142 valence electrons. The number of halogens is 2. The Balaban J connectivity index is 1.62. The Labute approximate surface area is 174 Å². The second-order valence-electron chi connectivity index (χ2n) is 5.80. The number of amides is 1. The van der Waals surface area contributed by atoms with Crippen molar-refractivity contribution in [3.63, 3.8) is 0 Å². The third kappa shape index (κ3) is 5.09. The lowest BCUT2D eigenvalue weighted by atomic mass is 10.1. The molecule has 6 nitrogen and oxygen atoms in total. The number of carboxylic acid groups (broad SMARTS) is 1. The first-order chi connectivity index (χ1) is 13.4. The Morgan fingerprint density at radius 2 is 1.89 bits per heavy atom. The summed E-state index contributed by atoms with van der Waals surface area (Å²) in [6, 6.07) is 15.4. The van der Waals surface area contributed by atoms with E-state index in [0.29, 0.717) is 17.1 Å². The smallest absolute Gasteiger partial charge is 0.337 e. The van der Waals surface area contributed by atoms with Gasteiger partial charge in [0, 0.05) is 10.0 Å². The number of furan rings is 1. The quantitative estimate of drug-likeness (QED) is 0.409. The molecule has 0 aliphatic carbocycles. The molecule has 3 rings (SSSR count). The number of aromatic carboxylic acids is 1. The van der Waals surface area contributed by atoms with E-state index < -0.39 is 5.97 Å². The molecule has 1 aromatic heterocycles. The van der Waals surface area contributed by atoms with E-state index in [0.717, 1.165) is 10.0 Å². The van der Waals surface area contributed by atoms with Crippen LogP contribution in [0.5, 0.6) is 0 Å². The van der Waals surface area contributed by atoms with Crippen molar-refractivity contribution in [2.24, 2.45) is 5.10 Å². The van der Waals surface area contributed by atoms with Gasteiger partial charge in [0.1, 0.15) is 11.5 Å². The van der Waals surface area contributed by atoms with Crippen LogP contribution in [0.15, 0.2) is 68.6 Å². The van der Waals surface area contributed by atoms with Gasteiger partial charge in [0.15, 0.2) is 0 Å². The van der Waals surface area contributed by atoms with Crippen LogP contribution >= 0.6 is 27.5 Å². The van der Waals surface area contributed by atoms with Crippen molar-refractivity contribution >= 4 is 45.6 Å². The first kappa shape index (κ1) is 19.9. The van der Waals surface area contributed by atoms with Crippen LogP contribution in [0.1, 0.15) is 21.7 Å². The predicted molar refractivity (Wildman–Crippen MR) is 110 cm³/mol. The average molecular weight is 462 g/mol. The number of carboxylic acids is 1. The SMILES string of the molecule is O=C(Cc1ccc(Br)cc1)N/N=C\c1ccc(-c2ccc(Cl)c(C(=O)O)c2)o1. The molecule has 1 amide bonds. The molecule has 0 aliphatic rings. The van der Waals surface area contributed by atoms with Gasteiger partial charge in [-0.2, -0.15) is 5.10 Å². The van der Waals surface area contributed by atoms with Gasteiger partial charge in [-0.05, 0) is 48.0 Å². The van der Waals surface area contributed by atoms with Crippen molar-refractivity contribution in [2.45, 2.75) is 6.42 Å². The Hall–Kier alpha value is -2.90. The van der Waals surface area contributed by atoms with Gasteiger partial charge in [0.2, 0.25) is 5.91 Å². The van der Waals surface area contributed by atoms with Crippen LogP contribution in [0.25, 0.3) is 11.3 Å². The van der Waals surface area contributed by atoms with Gasteiger partial charge in [-0.15, -0.1) is 0 Å². The molecule has 1 heterocycles. The maximum Gasteiger partial charge on any atom is 0.337 e. The Kier molecular flexibility index (Phi) is 6.28. The first-order valence-corrected chi connectivity index (χ1v) is 9.29. The minimum Gasteiger partial charge on any atom is -0.478 e. The van der Waals surface area contributed by atoms with Crippen LogP contribution in [-0.4, -0.2) is 23.2 Å². The summed E-state index contributed by atoms with van der Waals surface area (Å²) in [5.74, 6) is -0.504. The molecule has 0 fully saturated rings. The van der Waals surface area contributed by atoms with Crippen molar-refractivity contribution < 1.29 is 19.1 Å². The third-order valence-electron chi connectivity index (χ3n) is 3.77. The minimum atomic E-state index is -1.12. The summed E-state index contributed by atoms with van der Waals surface area (Å²) in [4.78, 5) is 23.1. The molecule has 3 aromatic rings. The fourth-order valence-corrected chi connectivity index (χ4v) is 2.88. The fourth-order valence-electron chi connectivity index (χ4n) is 2.41. The molecule has 0 saturated carbocycles. The van der Waals surface area contributed by atoms with E-state index in [2.05, 4.69) is 26.5 Å². The van der Waals surface area contributed by atoms with Gasteiger partial charge < -0.3 is 9.52 Å². The van der Waals surface area contributed by atoms with Crippen LogP contribution in [0.3, 0.4) is 0 Å². The number of carbonyl (C=O) groups excluding carboxylic acids is 1. The summed E-state index contributed by atoms with van der Waals surface area (Å²) in [6.07, 6.45) is 1.58. The van der Waals surface area contributed by atoms with Gasteiger partial charge in [-0.3, -0.25) is 4.79 Å². The van der Waals surface area contributed by atoms with E-state index in [9.17, 15) is 9.59 Å². The van der Waals surface area contributed by atoms with E-state index in [1.54, 1.807) is 18.2 Å². The number of hydrogen-bond acceptors (Lipinski definition) is 4. The molecule has 2 aromatic carbocycles. The zero-order valence-corrected chi connectivity index (χ0v) is 16.7. The summed E-state index contributed by atoms with van der Waals surface area (Å²) >= 11 is 9.22. The topological polar surface area (TPSA) is 91.9 Å². The number of nitrogens with one attached hydrogen (secondary N) is 1. The highest BCUT2D eigenvalue weighted by Crippen LogP contribution is 2.26. The third-order valence-corrected chi connectivity index (χ3v) is 4.63. The van der Waals surface area contributed by atoms with E-state index in [-0.39, 0.29) is 22.9 Å². The molecule has 28 heavy (non-hydrogen) atoms. The maximum absolute atomic E-state index is 11.9. The van der Waals surface area contributed by atoms with Gasteiger partial charge in [-0.1, -0.05) is 39.7 Å². The summed E-state index contributed by atoms with van der Waals surface area (Å²) in [7, 11) is 0. The van der Waals surface area contributed by atoms with E-state index in [1.165, 1.54) is 18.3 Å². The Morgan fingerprint density at radius 1 is 1.14 bits per heavy atom. The van der Waals surface area contributed by atoms with Crippen LogP contribution in [0.4, 0.5) is 0 Å². The van der Waals surface area contributed by atoms with Crippen LogP contribution in [0.2, 0.25) is 5.02 Å². The lowest BCUT2D eigenvalue weighted by molar-refractivity contribution is -0.120. The highest BCUT2D eigenvalue weighted by Gasteiger charge is 2.12. The first-order valence-electron chi connectivity index (χ1n) is 8.12. The van der Waals surface area contributed by atoms with E-state index in [1.807, 2.05) is 24.3 Å². The zero-order valence-electron chi connectivity index (χ0n) is 14.4. The number of hydrazone groups is 1. The van der Waals surface area contributed by atoms with Crippen molar-refractivity contribution in [3.05, 3.63) is 81.0 Å². The van der Waals surface area contributed by atoms with Gasteiger partial charge in [-0.25, -0.2) is 10.2 Å². The molecule has 2 N–H and O–H groups in total. The van der Waals surface area contributed by atoms with Crippen molar-refractivity contribution in [2.75, 3.05) is 0 Å². The number of benzene rings is 2. The Morgan fingerprint density at radius 3 is 2.61 bits per heavy atom. The number of nitrogens with zero attached hydrogens (tertiary/aromatic N) is 1. The minimum absolute atomic E-state index is 0.00834. The molecule has 0 bridgehead atoms. The second-order valence-corrected chi connectivity index (χ2v) is 7.12. The second kappa shape index (κ2) is 8.86. The molecular weight excluding hydrogens is 448 g/mol. The lowest BCUT2D eigenvalue weighted by Crippen LogP contribution is -2.19. The van der Waals surface area contributed by atoms with Gasteiger partial charge in [0.05, 0.1) is 23.2 Å². The average Bonchev–Trinajstić information content (AvgIpc) is 3.12. The van der Waals surface area contributed by atoms with Crippen molar-refractivity contribution in [1.29, 1.82) is 0 Å². The van der Waals surface area contributed by atoms with Crippen LogP contribution in [-0.2, 0) is 11.2 Å². The Bertz CT molecular complexity index is 1040. The highest BCUT2D eigenvalue weighted by atomic mass is 79.9. The van der Waals surface area contributed by atoms with E-state index in [4.69, 9.17) is 21.1 Å².